The van der Waals surface area contributed by atoms with Gasteiger partial charge in [-0.2, -0.15) is 0 Å². The monoisotopic (exact) mass is 375 g/mol. The quantitative estimate of drug-likeness (QED) is 0.548. The summed E-state index contributed by atoms with van der Waals surface area (Å²) in [6.07, 6.45) is 1.30. The first kappa shape index (κ1) is 14.1. The molecule has 2 aromatic carbocycles. The highest BCUT2D eigenvalue weighted by Crippen LogP contribution is 2.24. The third-order valence-corrected chi connectivity index (χ3v) is 4.16. The van der Waals surface area contributed by atoms with Gasteiger partial charge in [-0.25, -0.2) is 13.5 Å². The fraction of sp³-hybridized carbons (Fsp3) is 0. The molecule has 2 aromatic heterocycles. The molecule has 0 radical (unpaired) electrons. The molecular weight excluding hydrogens is 368 g/mol. The second-order valence-corrected chi connectivity index (χ2v) is 5.98. The van der Waals surface area contributed by atoms with Crippen LogP contribution in [0.3, 0.4) is 0 Å². The van der Waals surface area contributed by atoms with E-state index in [1.54, 1.807) is 24.3 Å². The molecule has 0 bridgehead atoms. The molecule has 4 rings (SSSR count). The van der Waals surface area contributed by atoms with Crippen LogP contribution in [0.15, 0.2) is 51.9 Å². The lowest BCUT2D eigenvalue weighted by Gasteiger charge is -2.01. The second kappa shape index (κ2) is 4.99. The number of halogens is 3. The van der Waals surface area contributed by atoms with Gasteiger partial charge in [-0.3, -0.25) is 14.9 Å². The molecule has 1 N–H and O–H groups in total. The standard InChI is InChI=1S/C16H8BrF2N3O/c17-8-1-3-10(4-2-8)22-16(23)12-7-20-15-11(14(12)21-22)5-9(18)6-13(15)19/h1-7,21H. The normalized spacial score (nSPS) is 11.4. The summed E-state index contributed by atoms with van der Waals surface area (Å²) in [5.41, 5.74) is 0.644. The molecule has 0 saturated carbocycles. The van der Waals surface area contributed by atoms with Crippen LogP contribution in [0, 0.1) is 11.6 Å². The van der Waals surface area contributed by atoms with E-state index in [0.717, 1.165) is 16.6 Å². The molecule has 7 heteroatoms. The summed E-state index contributed by atoms with van der Waals surface area (Å²) in [7, 11) is 0. The number of aromatic amines is 1. The summed E-state index contributed by atoms with van der Waals surface area (Å²) in [5, 5.41) is 3.41. The van der Waals surface area contributed by atoms with Crippen LogP contribution in [0.5, 0.6) is 0 Å². The number of benzene rings is 2. The Morgan fingerprint density at radius 2 is 1.83 bits per heavy atom. The van der Waals surface area contributed by atoms with E-state index in [4.69, 9.17) is 0 Å². The van der Waals surface area contributed by atoms with Crippen LogP contribution in [0.2, 0.25) is 0 Å². The Hall–Kier alpha value is -2.54. The third-order valence-electron chi connectivity index (χ3n) is 3.63. The van der Waals surface area contributed by atoms with Crippen molar-refractivity contribution in [1.29, 1.82) is 0 Å². The van der Waals surface area contributed by atoms with Gasteiger partial charge in [-0.15, -0.1) is 0 Å². The topological polar surface area (TPSA) is 50.7 Å². The van der Waals surface area contributed by atoms with Crippen LogP contribution in [-0.2, 0) is 0 Å². The van der Waals surface area contributed by atoms with Crippen molar-refractivity contribution >= 4 is 37.7 Å². The molecule has 0 saturated heterocycles. The van der Waals surface area contributed by atoms with Crippen LogP contribution < -0.4 is 5.56 Å². The largest absolute Gasteiger partial charge is 0.290 e. The molecule has 0 aliphatic heterocycles. The van der Waals surface area contributed by atoms with Gasteiger partial charge in [0.15, 0.2) is 5.82 Å². The summed E-state index contributed by atoms with van der Waals surface area (Å²) in [5.74, 6) is -1.49. The van der Waals surface area contributed by atoms with Gasteiger partial charge in [0, 0.05) is 22.1 Å². The highest BCUT2D eigenvalue weighted by Gasteiger charge is 2.15. The van der Waals surface area contributed by atoms with Crippen molar-refractivity contribution in [2.75, 3.05) is 0 Å². The van der Waals surface area contributed by atoms with Crippen LogP contribution >= 0.6 is 15.9 Å². The Balaban J connectivity index is 2.09. The fourth-order valence-electron chi connectivity index (χ4n) is 2.56. The summed E-state index contributed by atoms with van der Waals surface area (Å²) in [6.45, 7) is 0. The van der Waals surface area contributed by atoms with Gasteiger partial charge < -0.3 is 0 Å². The number of pyridine rings is 1. The van der Waals surface area contributed by atoms with Crippen LogP contribution in [-0.4, -0.2) is 14.8 Å². The van der Waals surface area contributed by atoms with Crippen molar-refractivity contribution in [3.63, 3.8) is 0 Å². The Labute approximate surface area is 136 Å². The second-order valence-electron chi connectivity index (χ2n) is 5.06. The van der Waals surface area contributed by atoms with Gasteiger partial charge in [0.2, 0.25) is 0 Å². The zero-order valence-corrected chi connectivity index (χ0v) is 13.1. The average Bonchev–Trinajstić information content (AvgIpc) is 2.86. The summed E-state index contributed by atoms with van der Waals surface area (Å²) in [4.78, 5) is 16.5. The van der Waals surface area contributed by atoms with E-state index < -0.39 is 11.6 Å². The molecule has 0 spiro atoms. The molecule has 114 valence electrons. The van der Waals surface area contributed by atoms with Crippen molar-refractivity contribution in [2.45, 2.75) is 0 Å². The van der Waals surface area contributed by atoms with Crippen LogP contribution in [0.1, 0.15) is 0 Å². The lowest BCUT2D eigenvalue weighted by Crippen LogP contribution is -2.14. The number of H-pyrrole nitrogens is 1. The predicted octanol–water partition coefficient (Wildman–Crippen LogP) is 3.91. The number of rotatable bonds is 1. The number of hydrogen-bond acceptors (Lipinski definition) is 2. The van der Waals surface area contributed by atoms with Crippen molar-refractivity contribution in [1.82, 2.24) is 14.8 Å². The van der Waals surface area contributed by atoms with Crippen LogP contribution in [0.25, 0.3) is 27.5 Å². The van der Waals surface area contributed by atoms with E-state index in [1.165, 1.54) is 10.9 Å². The van der Waals surface area contributed by atoms with Gasteiger partial charge in [0.05, 0.1) is 16.6 Å². The minimum absolute atomic E-state index is 0.0168. The molecule has 2 heterocycles. The zero-order chi connectivity index (χ0) is 16.1. The molecule has 0 amide bonds. The number of aromatic nitrogens is 3. The molecule has 0 fully saturated rings. The average molecular weight is 376 g/mol. The third kappa shape index (κ3) is 2.16. The lowest BCUT2D eigenvalue weighted by atomic mass is 10.1. The molecule has 0 unspecified atom stereocenters. The molecule has 4 nitrogen and oxygen atoms in total. The number of hydrogen-bond donors (Lipinski definition) is 1. The predicted molar refractivity (Wildman–Crippen MR) is 86.8 cm³/mol. The van der Waals surface area contributed by atoms with Gasteiger partial charge in [0.25, 0.3) is 5.56 Å². The first-order valence-electron chi connectivity index (χ1n) is 6.69. The van der Waals surface area contributed by atoms with Crippen molar-refractivity contribution < 1.29 is 8.78 Å². The number of fused-ring (bicyclic) bond motifs is 3. The van der Waals surface area contributed by atoms with Crippen LogP contribution in [0.4, 0.5) is 8.78 Å². The van der Waals surface area contributed by atoms with Gasteiger partial charge in [0.1, 0.15) is 11.3 Å². The van der Waals surface area contributed by atoms with Gasteiger partial charge in [-0.05, 0) is 30.3 Å². The van der Waals surface area contributed by atoms with Crippen molar-refractivity contribution in [3.05, 3.63) is 69.1 Å². The number of nitrogens with zero attached hydrogens (tertiary/aromatic N) is 2. The molecule has 0 aliphatic carbocycles. The lowest BCUT2D eigenvalue weighted by molar-refractivity contribution is 0.590. The van der Waals surface area contributed by atoms with Crippen molar-refractivity contribution in [2.24, 2.45) is 0 Å². The maximum Gasteiger partial charge on any atom is 0.280 e. The zero-order valence-electron chi connectivity index (χ0n) is 11.5. The Bertz CT molecular complexity index is 1120. The van der Waals surface area contributed by atoms with Gasteiger partial charge in [-0.1, -0.05) is 15.9 Å². The molecule has 23 heavy (non-hydrogen) atoms. The SMILES string of the molecule is O=c1c2cnc3c(F)cc(F)cc3c2[nH]n1-c1ccc(Br)cc1. The van der Waals surface area contributed by atoms with E-state index >= 15 is 0 Å². The highest BCUT2D eigenvalue weighted by atomic mass is 79.9. The minimum atomic E-state index is -0.765. The maximum atomic E-state index is 13.8. The Morgan fingerprint density at radius 1 is 1.09 bits per heavy atom. The minimum Gasteiger partial charge on any atom is -0.290 e. The molecule has 0 aliphatic rings. The Morgan fingerprint density at radius 3 is 2.57 bits per heavy atom. The maximum absolute atomic E-state index is 13.8. The Kier molecular flexibility index (Phi) is 3.05. The van der Waals surface area contributed by atoms with Gasteiger partial charge >= 0.3 is 0 Å². The van der Waals surface area contributed by atoms with Crippen molar-refractivity contribution in [3.8, 4) is 5.69 Å². The van der Waals surface area contributed by atoms with E-state index in [0.29, 0.717) is 11.2 Å². The molecule has 4 aromatic rings. The smallest absolute Gasteiger partial charge is 0.280 e. The summed E-state index contributed by atoms with van der Waals surface area (Å²) >= 11 is 3.33. The van der Waals surface area contributed by atoms with E-state index in [9.17, 15) is 13.6 Å². The first-order valence-corrected chi connectivity index (χ1v) is 7.48. The number of nitrogens with one attached hydrogen (secondary N) is 1. The summed E-state index contributed by atoms with van der Waals surface area (Å²) in [6, 6.07) is 9.02. The molecular formula is C16H8BrF2N3O. The van der Waals surface area contributed by atoms with E-state index in [1.807, 2.05) is 0 Å². The van der Waals surface area contributed by atoms with E-state index in [-0.39, 0.29) is 21.8 Å². The van der Waals surface area contributed by atoms with E-state index in [2.05, 4.69) is 26.0 Å². The fourth-order valence-corrected chi connectivity index (χ4v) is 2.83. The first-order chi connectivity index (χ1) is 11.0. The summed E-state index contributed by atoms with van der Waals surface area (Å²) < 4.78 is 29.6. The molecule has 0 atom stereocenters. The highest BCUT2D eigenvalue weighted by molar-refractivity contribution is 9.10.